The molecule has 2 aromatic rings. The van der Waals surface area contributed by atoms with Gasteiger partial charge in [0.25, 0.3) is 0 Å². The van der Waals surface area contributed by atoms with Gasteiger partial charge in [-0.15, -0.1) is 0 Å². The predicted octanol–water partition coefficient (Wildman–Crippen LogP) is 2.37. The summed E-state index contributed by atoms with van der Waals surface area (Å²) in [4.78, 5) is 28.3. The van der Waals surface area contributed by atoms with E-state index in [0.29, 0.717) is 25.3 Å². The van der Waals surface area contributed by atoms with Crippen LogP contribution in [0, 0.1) is 5.82 Å². The summed E-state index contributed by atoms with van der Waals surface area (Å²) in [6, 6.07) is 14.0. The number of hydrogen-bond acceptors (Lipinski definition) is 4. The summed E-state index contributed by atoms with van der Waals surface area (Å²) in [6.45, 7) is 4.96. The highest BCUT2D eigenvalue weighted by atomic mass is 19.1. The zero-order chi connectivity index (χ0) is 20.6. The lowest BCUT2D eigenvalue weighted by atomic mass is 10.1. The fourth-order valence-electron chi connectivity index (χ4n) is 3.40. The van der Waals surface area contributed by atoms with Crippen molar-refractivity contribution in [3.63, 3.8) is 0 Å². The monoisotopic (exact) mass is 399 g/mol. The molecule has 1 heterocycles. The molecule has 29 heavy (non-hydrogen) atoms. The molecule has 1 aliphatic rings. The van der Waals surface area contributed by atoms with Gasteiger partial charge in [-0.05, 0) is 23.8 Å². The van der Waals surface area contributed by atoms with Crippen molar-refractivity contribution in [1.29, 1.82) is 0 Å². The first-order chi connectivity index (χ1) is 14.1. The van der Waals surface area contributed by atoms with E-state index in [1.165, 1.54) is 13.0 Å². The van der Waals surface area contributed by atoms with Gasteiger partial charge in [-0.2, -0.15) is 0 Å². The zero-order valence-electron chi connectivity index (χ0n) is 16.6. The fourth-order valence-corrected chi connectivity index (χ4v) is 3.40. The summed E-state index contributed by atoms with van der Waals surface area (Å²) >= 11 is 0. The lowest BCUT2D eigenvalue weighted by Gasteiger charge is -2.33. The second-order valence-electron chi connectivity index (χ2n) is 6.88. The highest BCUT2D eigenvalue weighted by Crippen LogP contribution is 2.29. The van der Waals surface area contributed by atoms with Gasteiger partial charge in [0.15, 0.2) is 0 Å². The topological polar surface area (TPSA) is 61.9 Å². The Balaban J connectivity index is 1.63. The van der Waals surface area contributed by atoms with Gasteiger partial charge in [0.2, 0.25) is 11.8 Å². The molecule has 0 radical (unpaired) electrons. The first-order valence-electron chi connectivity index (χ1n) is 9.76. The molecule has 0 unspecified atom stereocenters. The minimum Gasteiger partial charge on any atom is -0.378 e. The third kappa shape index (κ3) is 5.54. The van der Waals surface area contributed by atoms with Crippen molar-refractivity contribution in [1.82, 2.24) is 5.32 Å². The number of ether oxygens (including phenoxy) is 1. The molecule has 0 atom stereocenters. The maximum absolute atomic E-state index is 13.7. The van der Waals surface area contributed by atoms with Crippen molar-refractivity contribution in [3.8, 4) is 0 Å². The van der Waals surface area contributed by atoms with E-state index in [2.05, 4.69) is 10.2 Å². The zero-order valence-corrected chi connectivity index (χ0v) is 16.6. The number of para-hydroxylation sites is 2. The number of hydrogen-bond donors (Lipinski definition) is 1. The molecule has 1 saturated heterocycles. The van der Waals surface area contributed by atoms with Crippen LogP contribution in [0.3, 0.4) is 0 Å². The molecular formula is C22H26FN3O3. The molecule has 6 nitrogen and oxygen atoms in total. The Morgan fingerprint density at radius 1 is 1.10 bits per heavy atom. The van der Waals surface area contributed by atoms with Crippen LogP contribution >= 0.6 is 0 Å². The maximum Gasteiger partial charge on any atom is 0.224 e. The van der Waals surface area contributed by atoms with Gasteiger partial charge < -0.3 is 19.9 Å². The number of benzene rings is 2. The fraction of sp³-hybridized carbons (Fsp3) is 0.364. The van der Waals surface area contributed by atoms with E-state index in [9.17, 15) is 14.0 Å². The van der Waals surface area contributed by atoms with E-state index >= 15 is 0 Å². The van der Waals surface area contributed by atoms with Gasteiger partial charge in [0, 0.05) is 33.1 Å². The highest BCUT2D eigenvalue weighted by Gasteiger charge is 2.20. The highest BCUT2D eigenvalue weighted by molar-refractivity contribution is 5.95. The van der Waals surface area contributed by atoms with Gasteiger partial charge in [-0.1, -0.05) is 30.3 Å². The van der Waals surface area contributed by atoms with Gasteiger partial charge in [0.1, 0.15) is 5.82 Å². The van der Waals surface area contributed by atoms with Crippen LogP contribution in [0.1, 0.15) is 12.5 Å². The van der Waals surface area contributed by atoms with Gasteiger partial charge in [-0.25, -0.2) is 4.39 Å². The van der Waals surface area contributed by atoms with Crippen LogP contribution in [-0.4, -0.2) is 51.2 Å². The second kappa shape index (κ2) is 10.0. The SMILES string of the molecule is CC(=O)N(CCNC(=O)Cc1ccccc1F)c1ccccc1N1CCOCC1. The minimum atomic E-state index is -0.396. The summed E-state index contributed by atoms with van der Waals surface area (Å²) in [5.74, 6) is -0.776. The molecule has 2 amide bonds. The van der Waals surface area contributed by atoms with Crippen LogP contribution in [0.4, 0.5) is 15.8 Å². The number of anilines is 2. The molecule has 154 valence electrons. The molecule has 3 rings (SSSR count). The summed E-state index contributed by atoms with van der Waals surface area (Å²) < 4.78 is 19.1. The molecule has 1 N–H and O–H groups in total. The largest absolute Gasteiger partial charge is 0.378 e. The lowest BCUT2D eigenvalue weighted by molar-refractivity contribution is -0.121. The Labute approximate surface area is 170 Å². The summed E-state index contributed by atoms with van der Waals surface area (Å²) in [5, 5.41) is 2.78. The second-order valence-corrected chi connectivity index (χ2v) is 6.88. The lowest BCUT2D eigenvalue weighted by Crippen LogP contribution is -2.41. The average Bonchev–Trinajstić information content (AvgIpc) is 2.73. The average molecular weight is 399 g/mol. The van der Waals surface area contributed by atoms with E-state index in [4.69, 9.17) is 4.74 Å². The van der Waals surface area contributed by atoms with E-state index in [-0.39, 0.29) is 24.8 Å². The van der Waals surface area contributed by atoms with E-state index < -0.39 is 5.82 Å². The van der Waals surface area contributed by atoms with Crippen LogP contribution in [0.25, 0.3) is 0 Å². The first kappa shape index (κ1) is 20.8. The molecule has 0 spiro atoms. The third-order valence-electron chi connectivity index (χ3n) is 4.87. The Kier molecular flexibility index (Phi) is 7.19. The summed E-state index contributed by atoms with van der Waals surface area (Å²) in [6.07, 6.45) is -0.0306. The molecular weight excluding hydrogens is 373 g/mol. The molecule has 0 saturated carbocycles. The standard InChI is InChI=1S/C22H26FN3O3/c1-17(27)26(11-10-24-22(28)16-18-6-2-3-7-19(18)23)21-9-5-4-8-20(21)25-12-14-29-15-13-25/h2-9H,10-16H2,1H3,(H,24,28). The summed E-state index contributed by atoms with van der Waals surface area (Å²) in [7, 11) is 0. The van der Waals surface area contributed by atoms with Crippen LogP contribution in [0.15, 0.2) is 48.5 Å². The molecule has 7 heteroatoms. The van der Waals surface area contributed by atoms with E-state index in [1.807, 2.05) is 24.3 Å². The number of carbonyl (C=O) groups is 2. The number of nitrogens with one attached hydrogen (secondary N) is 1. The summed E-state index contributed by atoms with van der Waals surface area (Å²) in [5.41, 5.74) is 2.14. The Morgan fingerprint density at radius 3 is 2.52 bits per heavy atom. The smallest absolute Gasteiger partial charge is 0.224 e. The number of rotatable bonds is 7. The van der Waals surface area contributed by atoms with Crippen molar-refractivity contribution >= 4 is 23.2 Å². The van der Waals surface area contributed by atoms with Gasteiger partial charge in [-0.3, -0.25) is 9.59 Å². The Bertz CT molecular complexity index is 853. The molecule has 1 fully saturated rings. The third-order valence-corrected chi connectivity index (χ3v) is 4.87. The molecule has 0 aromatic heterocycles. The quantitative estimate of drug-likeness (QED) is 0.777. The van der Waals surface area contributed by atoms with Crippen LogP contribution in [0.2, 0.25) is 0 Å². The van der Waals surface area contributed by atoms with E-state index in [0.717, 1.165) is 24.5 Å². The normalized spacial score (nSPS) is 13.8. The van der Waals surface area contributed by atoms with Crippen molar-refractivity contribution < 1.29 is 18.7 Å². The number of nitrogens with zero attached hydrogens (tertiary/aromatic N) is 2. The predicted molar refractivity (Wildman–Crippen MR) is 111 cm³/mol. The van der Waals surface area contributed by atoms with E-state index in [1.54, 1.807) is 23.1 Å². The van der Waals surface area contributed by atoms with Crippen LogP contribution in [0.5, 0.6) is 0 Å². The maximum atomic E-state index is 13.7. The first-order valence-corrected chi connectivity index (χ1v) is 9.76. The van der Waals surface area contributed by atoms with Gasteiger partial charge >= 0.3 is 0 Å². The molecule has 0 aliphatic carbocycles. The van der Waals surface area contributed by atoms with Crippen molar-refractivity contribution in [2.45, 2.75) is 13.3 Å². The van der Waals surface area contributed by atoms with Gasteiger partial charge in [0.05, 0.1) is 31.0 Å². The van der Waals surface area contributed by atoms with Crippen LogP contribution in [-0.2, 0) is 20.7 Å². The van der Waals surface area contributed by atoms with Crippen LogP contribution < -0.4 is 15.1 Å². The minimum absolute atomic E-state index is 0.0306. The Hall–Kier alpha value is -2.93. The van der Waals surface area contributed by atoms with Crippen molar-refractivity contribution in [2.75, 3.05) is 49.2 Å². The number of amides is 2. The van der Waals surface area contributed by atoms with Crippen molar-refractivity contribution in [3.05, 3.63) is 59.9 Å². The number of carbonyl (C=O) groups excluding carboxylic acids is 2. The molecule has 2 aromatic carbocycles. The Morgan fingerprint density at radius 2 is 1.79 bits per heavy atom. The number of morpholine rings is 1. The molecule has 0 bridgehead atoms. The molecule has 1 aliphatic heterocycles. The number of halogens is 1. The van der Waals surface area contributed by atoms with Crippen molar-refractivity contribution in [2.24, 2.45) is 0 Å².